The van der Waals surface area contributed by atoms with E-state index in [-0.39, 0.29) is 0 Å². The van der Waals surface area contributed by atoms with Crippen LogP contribution < -0.4 is 5.32 Å². The molecular weight excluding hydrogens is 214 g/mol. The molecule has 3 nitrogen and oxygen atoms in total. The van der Waals surface area contributed by atoms with Crippen molar-refractivity contribution < 1.29 is 9.90 Å². The van der Waals surface area contributed by atoms with Crippen LogP contribution in [0.3, 0.4) is 0 Å². The maximum Gasteiger partial charge on any atom is 0.337 e. The van der Waals surface area contributed by atoms with Crippen LogP contribution in [0.4, 0.5) is 5.69 Å². The van der Waals surface area contributed by atoms with E-state index in [9.17, 15) is 4.79 Å². The number of carboxylic acid groups (broad SMARTS) is 1. The summed E-state index contributed by atoms with van der Waals surface area (Å²) in [5, 5.41) is 12.2. The van der Waals surface area contributed by atoms with E-state index in [1.807, 2.05) is 12.1 Å². The zero-order chi connectivity index (χ0) is 12.5. The summed E-state index contributed by atoms with van der Waals surface area (Å²) in [7, 11) is 0. The molecule has 0 aromatic heterocycles. The van der Waals surface area contributed by atoms with Gasteiger partial charge < -0.3 is 10.4 Å². The van der Waals surface area contributed by atoms with E-state index in [2.05, 4.69) is 12.2 Å². The number of benzene rings is 1. The minimum absolute atomic E-state index is 0.348. The lowest BCUT2D eigenvalue weighted by atomic mass is 10.1. The molecule has 0 spiro atoms. The van der Waals surface area contributed by atoms with E-state index in [1.165, 1.54) is 25.7 Å². The minimum atomic E-state index is -0.876. The maximum absolute atomic E-state index is 11.0. The highest BCUT2D eigenvalue weighted by molar-refractivity contribution is 5.94. The monoisotopic (exact) mass is 235 g/mol. The van der Waals surface area contributed by atoms with Gasteiger partial charge in [0, 0.05) is 12.2 Å². The molecule has 1 aromatic rings. The van der Waals surface area contributed by atoms with Gasteiger partial charge in [0.2, 0.25) is 0 Å². The van der Waals surface area contributed by atoms with E-state index in [0.717, 1.165) is 18.7 Å². The van der Waals surface area contributed by atoms with Crippen LogP contribution in [-0.4, -0.2) is 17.6 Å². The third kappa shape index (κ3) is 4.89. The average Bonchev–Trinajstić information content (AvgIpc) is 2.34. The summed E-state index contributed by atoms with van der Waals surface area (Å²) in [4.78, 5) is 11.0. The number of anilines is 1. The summed E-state index contributed by atoms with van der Waals surface area (Å²) in [5.74, 6) is -0.876. The van der Waals surface area contributed by atoms with Gasteiger partial charge in [-0.2, -0.15) is 0 Å². The first-order valence-electron chi connectivity index (χ1n) is 6.32. The molecule has 0 radical (unpaired) electrons. The van der Waals surface area contributed by atoms with Crippen molar-refractivity contribution in [1.82, 2.24) is 0 Å². The van der Waals surface area contributed by atoms with E-state index >= 15 is 0 Å². The molecule has 0 aliphatic carbocycles. The number of carboxylic acids is 1. The van der Waals surface area contributed by atoms with Gasteiger partial charge in [-0.3, -0.25) is 0 Å². The summed E-state index contributed by atoms with van der Waals surface area (Å²) in [5.41, 5.74) is 1.07. The van der Waals surface area contributed by atoms with Crippen LogP contribution in [0.15, 0.2) is 24.3 Å². The molecule has 17 heavy (non-hydrogen) atoms. The number of rotatable bonds is 8. The lowest BCUT2D eigenvalue weighted by Gasteiger charge is -2.08. The topological polar surface area (TPSA) is 49.3 Å². The zero-order valence-electron chi connectivity index (χ0n) is 10.4. The summed E-state index contributed by atoms with van der Waals surface area (Å²) in [6.45, 7) is 3.04. The van der Waals surface area contributed by atoms with Gasteiger partial charge in [0.05, 0.1) is 5.56 Å². The number of hydrogen-bond donors (Lipinski definition) is 2. The molecule has 94 valence electrons. The van der Waals surface area contributed by atoms with Gasteiger partial charge >= 0.3 is 5.97 Å². The fourth-order valence-corrected chi connectivity index (χ4v) is 1.78. The molecule has 0 fully saturated rings. The highest BCUT2D eigenvalue weighted by atomic mass is 16.4. The van der Waals surface area contributed by atoms with Crippen LogP contribution in [0.25, 0.3) is 0 Å². The Hall–Kier alpha value is -1.51. The number of hydrogen-bond acceptors (Lipinski definition) is 2. The van der Waals surface area contributed by atoms with Gasteiger partial charge in [-0.05, 0) is 18.6 Å². The average molecular weight is 235 g/mol. The second-order valence-electron chi connectivity index (χ2n) is 4.19. The van der Waals surface area contributed by atoms with Crippen LogP contribution in [0.2, 0.25) is 0 Å². The van der Waals surface area contributed by atoms with Crippen LogP contribution >= 0.6 is 0 Å². The van der Waals surface area contributed by atoms with E-state index in [0.29, 0.717) is 5.56 Å². The Morgan fingerprint density at radius 1 is 1.18 bits per heavy atom. The normalized spacial score (nSPS) is 10.2. The van der Waals surface area contributed by atoms with Crippen molar-refractivity contribution in [3.8, 4) is 0 Å². The number of nitrogens with one attached hydrogen (secondary N) is 1. The first-order chi connectivity index (χ1) is 8.25. The summed E-state index contributed by atoms with van der Waals surface area (Å²) >= 11 is 0. The van der Waals surface area contributed by atoms with Crippen LogP contribution in [0.1, 0.15) is 49.4 Å². The van der Waals surface area contributed by atoms with Crippen molar-refractivity contribution in [1.29, 1.82) is 0 Å². The second kappa shape index (κ2) is 7.71. The fourth-order valence-electron chi connectivity index (χ4n) is 1.78. The summed E-state index contributed by atoms with van der Waals surface area (Å²) in [6, 6.07) is 7.04. The van der Waals surface area contributed by atoms with E-state index < -0.39 is 5.97 Å². The lowest BCUT2D eigenvalue weighted by Crippen LogP contribution is -2.07. The third-order valence-electron chi connectivity index (χ3n) is 2.75. The number of carbonyl (C=O) groups is 1. The van der Waals surface area contributed by atoms with Crippen molar-refractivity contribution in [3.05, 3.63) is 29.8 Å². The molecule has 3 heteroatoms. The molecule has 0 aliphatic heterocycles. The number of para-hydroxylation sites is 1. The van der Waals surface area contributed by atoms with Gasteiger partial charge in [-0.15, -0.1) is 0 Å². The van der Waals surface area contributed by atoms with E-state index in [4.69, 9.17) is 5.11 Å². The van der Waals surface area contributed by atoms with Gasteiger partial charge in [-0.25, -0.2) is 4.79 Å². The van der Waals surface area contributed by atoms with Crippen LogP contribution in [0, 0.1) is 0 Å². The predicted octanol–water partition coefficient (Wildman–Crippen LogP) is 3.77. The predicted molar refractivity (Wildman–Crippen MR) is 70.7 cm³/mol. The molecule has 1 aromatic carbocycles. The minimum Gasteiger partial charge on any atom is -0.478 e. The molecule has 0 bridgehead atoms. The number of aromatic carboxylic acids is 1. The molecule has 0 amide bonds. The van der Waals surface area contributed by atoms with Gasteiger partial charge in [0.15, 0.2) is 0 Å². The highest BCUT2D eigenvalue weighted by Gasteiger charge is 2.07. The summed E-state index contributed by atoms with van der Waals surface area (Å²) < 4.78 is 0. The van der Waals surface area contributed by atoms with Crippen molar-refractivity contribution in [2.75, 3.05) is 11.9 Å². The van der Waals surface area contributed by atoms with Crippen LogP contribution in [-0.2, 0) is 0 Å². The van der Waals surface area contributed by atoms with Crippen molar-refractivity contribution in [2.24, 2.45) is 0 Å². The van der Waals surface area contributed by atoms with Gasteiger partial charge in [-0.1, -0.05) is 44.7 Å². The first kappa shape index (κ1) is 13.6. The smallest absolute Gasteiger partial charge is 0.337 e. The standard InChI is InChI=1S/C14H21NO2/c1-2-3-4-5-8-11-15-13-10-7-6-9-12(13)14(16)17/h6-7,9-10,15H,2-5,8,11H2,1H3,(H,16,17). The zero-order valence-corrected chi connectivity index (χ0v) is 10.4. The molecule has 0 aliphatic rings. The Labute approximate surface area is 103 Å². The largest absolute Gasteiger partial charge is 0.478 e. The van der Waals surface area contributed by atoms with E-state index in [1.54, 1.807) is 12.1 Å². The third-order valence-corrected chi connectivity index (χ3v) is 2.75. The van der Waals surface area contributed by atoms with Gasteiger partial charge in [0.1, 0.15) is 0 Å². The Kier molecular flexibility index (Phi) is 6.15. The molecule has 0 unspecified atom stereocenters. The van der Waals surface area contributed by atoms with Gasteiger partial charge in [0.25, 0.3) is 0 Å². The molecular formula is C14H21NO2. The molecule has 0 saturated heterocycles. The maximum atomic E-state index is 11.0. The molecule has 2 N–H and O–H groups in total. The number of unbranched alkanes of at least 4 members (excludes halogenated alkanes) is 4. The van der Waals surface area contributed by atoms with Crippen molar-refractivity contribution in [2.45, 2.75) is 39.0 Å². The summed E-state index contributed by atoms with van der Waals surface area (Å²) in [6.07, 6.45) is 6.09. The lowest BCUT2D eigenvalue weighted by molar-refractivity contribution is 0.0698. The second-order valence-corrected chi connectivity index (χ2v) is 4.19. The fraction of sp³-hybridized carbons (Fsp3) is 0.500. The molecule has 0 heterocycles. The Balaban J connectivity index is 2.34. The van der Waals surface area contributed by atoms with Crippen LogP contribution in [0.5, 0.6) is 0 Å². The first-order valence-corrected chi connectivity index (χ1v) is 6.32. The molecule has 1 rings (SSSR count). The van der Waals surface area contributed by atoms with Crippen molar-refractivity contribution >= 4 is 11.7 Å². The van der Waals surface area contributed by atoms with Crippen molar-refractivity contribution in [3.63, 3.8) is 0 Å². The Morgan fingerprint density at radius 2 is 1.88 bits per heavy atom. The Morgan fingerprint density at radius 3 is 2.59 bits per heavy atom. The SMILES string of the molecule is CCCCCCCNc1ccccc1C(=O)O. The molecule has 0 atom stereocenters. The molecule has 0 saturated carbocycles. The highest BCUT2D eigenvalue weighted by Crippen LogP contribution is 2.15. The quantitative estimate of drug-likeness (QED) is 0.674. The Bertz CT molecular complexity index is 350.